The molecule has 1 aromatic heterocycles. The maximum atomic E-state index is 11.9. The second-order valence-corrected chi connectivity index (χ2v) is 7.81. The molecule has 0 saturated carbocycles. The first-order valence-corrected chi connectivity index (χ1v) is 9.80. The van der Waals surface area contributed by atoms with Crippen LogP contribution in [-0.4, -0.2) is 43.2 Å². The normalized spacial score (nSPS) is 23.2. The second-order valence-electron chi connectivity index (χ2n) is 6.78. The van der Waals surface area contributed by atoms with Crippen LogP contribution in [0.25, 0.3) is 0 Å². The molecule has 2 aliphatic rings. The van der Waals surface area contributed by atoms with Crippen LogP contribution < -0.4 is 5.32 Å². The van der Waals surface area contributed by atoms with Crippen molar-refractivity contribution in [2.24, 2.45) is 5.92 Å². The van der Waals surface area contributed by atoms with Gasteiger partial charge in [0.15, 0.2) is 0 Å². The van der Waals surface area contributed by atoms with Crippen molar-refractivity contribution in [1.82, 2.24) is 10.2 Å². The molecular weight excluding hydrogens is 308 g/mol. The number of amides is 1. The fourth-order valence-electron chi connectivity index (χ4n) is 3.48. The average Bonchev–Trinajstić information content (AvgIpc) is 3.26. The first-order valence-electron chi connectivity index (χ1n) is 8.92. The number of thiophene rings is 1. The van der Waals surface area contributed by atoms with Crippen molar-refractivity contribution in [3.63, 3.8) is 0 Å². The van der Waals surface area contributed by atoms with E-state index in [1.807, 2.05) is 11.3 Å². The molecule has 2 aliphatic heterocycles. The molecule has 1 unspecified atom stereocenters. The molecule has 0 aliphatic carbocycles. The van der Waals surface area contributed by atoms with Gasteiger partial charge in [-0.15, -0.1) is 11.3 Å². The summed E-state index contributed by atoms with van der Waals surface area (Å²) >= 11 is 1.84. The fraction of sp³-hybridized carbons (Fsp3) is 0.722. The van der Waals surface area contributed by atoms with E-state index in [4.69, 9.17) is 4.74 Å². The lowest BCUT2D eigenvalue weighted by Crippen LogP contribution is -2.38. The van der Waals surface area contributed by atoms with Gasteiger partial charge in [-0.25, -0.2) is 0 Å². The number of ether oxygens (including phenoxy) is 1. The largest absolute Gasteiger partial charge is 0.378 e. The zero-order chi connectivity index (χ0) is 15.9. The summed E-state index contributed by atoms with van der Waals surface area (Å²) in [6.45, 7) is 5.09. The van der Waals surface area contributed by atoms with Crippen LogP contribution in [0.4, 0.5) is 0 Å². The summed E-state index contributed by atoms with van der Waals surface area (Å²) in [5, 5.41) is 5.27. The number of carbonyl (C=O) groups excluding carboxylic acids is 1. The van der Waals surface area contributed by atoms with Crippen molar-refractivity contribution in [2.45, 2.75) is 51.2 Å². The minimum atomic E-state index is 0.196. The smallest absolute Gasteiger partial charge is 0.220 e. The molecule has 0 spiro atoms. The topological polar surface area (TPSA) is 41.6 Å². The van der Waals surface area contributed by atoms with Gasteiger partial charge in [0.2, 0.25) is 5.91 Å². The van der Waals surface area contributed by atoms with Crippen LogP contribution in [0.5, 0.6) is 0 Å². The minimum Gasteiger partial charge on any atom is -0.378 e. The molecule has 4 nitrogen and oxygen atoms in total. The third kappa shape index (κ3) is 5.59. The van der Waals surface area contributed by atoms with Gasteiger partial charge < -0.3 is 10.1 Å². The molecule has 1 atom stereocenters. The van der Waals surface area contributed by atoms with Gasteiger partial charge in [0.05, 0.1) is 6.10 Å². The Balaban J connectivity index is 1.27. The number of rotatable bonds is 7. The Morgan fingerprint density at radius 3 is 2.91 bits per heavy atom. The van der Waals surface area contributed by atoms with Crippen molar-refractivity contribution in [3.8, 4) is 0 Å². The van der Waals surface area contributed by atoms with Gasteiger partial charge >= 0.3 is 0 Å². The lowest BCUT2D eigenvalue weighted by Gasteiger charge is -2.31. The van der Waals surface area contributed by atoms with Gasteiger partial charge in [0, 0.05) is 31.0 Å². The maximum absolute atomic E-state index is 11.9. The number of hydrogen-bond donors (Lipinski definition) is 1. The van der Waals surface area contributed by atoms with Crippen molar-refractivity contribution in [3.05, 3.63) is 22.4 Å². The Labute approximate surface area is 143 Å². The molecule has 1 N–H and O–H groups in total. The summed E-state index contributed by atoms with van der Waals surface area (Å²) in [6.07, 6.45) is 6.47. The highest BCUT2D eigenvalue weighted by molar-refractivity contribution is 7.09. The highest BCUT2D eigenvalue weighted by atomic mass is 32.1. The fourth-order valence-corrected chi connectivity index (χ4v) is 4.23. The van der Waals surface area contributed by atoms with Crippen LogP contribution in [0, 0.1) is 5.92 Å². The monoisotopic (exact) mass is 336 g/mol. The van der Waals surface area contributed by atoms with Gasteiger partial charge in [0.25, 0.3) is 0 Å². The van der Waals surface area contributed by atoms with E-state index in [1.54, 1.807) is 0 Å². The summed E-state index contributed by atoms with van der Waals surface area (Å²) < 4.78 is 5.57. The summed E-state index contributed by atoms with van der Waals surface area (Å²) in [6, 6.07) is 4.34. The van der Waals surface area contributed by atoms with Crippen LogP contribution in [0.3, 0.4) is 0 Å². The van der Waals surface area contributed by atoms with E-state index >= 15 is 0 Å². The number of carbonyl (C=O) groups is 1. The molecule has 2 fully saturated rings. The third-order valence-electron chi connectivity index (χ3n) is 4.97. The van der Waals surface area contributed by atoms with E-state index in [1.165, 1.54) is 17.7 Å². The van der Waals surface area contributed by atoms with Crippen molar-refractivity contribution in [1.29, 1.82) is 0 Å². The van der Waals surface area contributed by atoms with Gasteiger partial charge in [0.1, 0.15) is 0 Å². The molecule has 2 saturated heterocycles. The van der Waals surface area contributed by atoms with Crippen molar-refractivity contribution in [2.75, 3.05) is 26.2 Å². The SMILES string of the molecule is O=C(CCC1CCCO1)NCC1CCN(Cc2cccs2)CC1. The molecule has 0 radical (unpaired) electrons. The average molecular weight is 337 g/mol. The minimum absolute atomic E-state index is 0.196. The highest BCUT2D eigenvalue weighted by Crippen LogP contribution is 2.20. The summed E-state index contributed by atoms with van der Waals surface area (Å²) in [5.41, 5.74) is 0. The number of likely N-dealkylation sites (tertiary alicyclic amines) is 1. The number of nitrogens with zero attached hydrogens (tertiary/aromatic N) is 1. The van der Waals surface area contributed by atoms with E-state index in [0.717, 1.165) is 52.0 Å². The Bertz CT molecular complexity index is 463. The van der Waals surface area contributed by atoms with Crippen molar-refractivity contribution < 1.29 is 9.53 Å². The Morgan fingerprint density at radius 1 is 1.35 bits per heavy atom. The molecule has 128 valence electrons. The highest BCUT2D eigenvalue weighted by Gasteiger charge is 2.21. The van der Waals surface area contributed by atoms with Crippen LogP contribution in [0.2, 0.25) is 0 Å². The maximum Gasteiger partial charge on any atom is 0.220 e. The first-order chi connectivity index (χ1) is 11.3. The van der Waals surface area contributed by atoms with Gasteiger partial charge in [-0.3, -0.25) is 9.69 Å². The molecule has 23 heavy (non-hydrogen) atoms. The predicted octanol–water partition coefficient (Wildman–Crippen LogP) is 3.04. The van der Waals surface area contributed by atoms with E-state index in [0.29, 0.717) is 18.4 Å². The predicted molar refractivity (Wildman–Crippen MR) is 93.5 cm³/mol. The van der Waals surface area contributed by atoms with E-state index in [2.05, 4.69) is 27.7 Å². The second kappa shape index (κ2) is 8.81. The zero-order valence-electron chi connectivity index (χ0n) is 13.8. The van der Waals surface area contributed by atoms with Gasteiger partial charge in [-0.05, 0) is 62.6 Å². The quantitative estimate of drug-likeness (QED) is 0.832. The lowest BCUT2D eigenvalue weighted by molar-refractivity contribution is -0.122. The van der Waals surface area contributed by atoms with E-state index in [9.17, 15) is 4.79 Å². The molecule has 0 bridgehead atoms. The van der Waals surface area contributed by atoms with Crippen molar-refractivity contribution >= 4 is 17.2 Å². The zero-order valence-corrected chi connectivity index (χ0v) is 14.7. The Hall–Kier alpha value is -0.910. The molecular formula is C18H28N2O2S. The summed E-state index contributed by atoms with van der Waals surface area (Å²) in [7, 11) is 0. The molecule has 3 rings (SSSR count). The van der Waals surface area contributed by atoms with Crippen LogP contribution in [0.15, 0.2) is 17.5 Å². The van der Waals surface area contributed by atoms with Crippen LogP contribution in [0.1, 0.15) is 43.4 Å². The number of nitrogens with one attached hydrogen (secondary N) is 1. The molecule has 0 aromatic carbocycles. The lowest BCUT2D eigenvalue weighted by atomic mass is 9.96. The summed E-state index contributed by atoms with van der Waals surface area (Å²) in [5.74, 6) is 0.836. The van der Waals surface area contributed by atoms with Gasteiger partial charge in [-0.2, -0.15) is 0 Å². The number of hydrogen-bond acceptors (Lipinski definition) is 4. The molecule has 1 aromatic rings. The Morgan fingerprint density at radius 2 is 2.22 bits per heavy atom. The standard InChI is InChI=1S/C18H28N2O2S/c21-18(6-5-16-3-1-11-22-16)19-13-15-7-9-20(10-8-15)14-17-4-2-12-23-17/h2,4,12,15-16H,1,3,5-11,13-14H2,(H,19,21). The first kappa shape index (κ1) is 16.9. The van der Waals surface area contributed by atoms with Crippen LogP contribution >= 0.6 is 11.3 Å². The Kier molecular flexibility index (Phi) is 6.48. The van der Waals surface area contributed by atoms with Crippen LogP contribution in [-0.2, 0) is 16.1 Å². The molecule has 5 heteroatoms. The molecule has 1 amide bonds. The van der Waals surface area contributed by atoms with Gasteiger partial charge in [-0.1, -0.05) is 6.07 Å². The third-order valence-corrected chi connectivity index (χ3v) is 5.83. The van der Waals surface area contributed by atoms with E-state index in [-0.39, 0.29) is 5.91 Å². The number of piperidine rings is 1. The van der Waals surface area contributed by atoms with E-state index < -0.39 is 0 Å². The summed E-state index contributed by atoms with van der Waals surface area (Å²) in [4.78, 5) is 15.9. The molecule has 3 heterocycles.